The van der Waals surface area contributed by atoms with E-state index in [4.69, 9.17) is 5.73 Å². The molecule has 1 saturated heterocycles. The smallest absolute Gasteiger partial charge is 0.236 e. The number of likely N-dealkylation sites (tertiary alicyclic amines) is 1. The number of amides is 1. The van der Waals surface area contributed by atoms with E-state index in [1.807, 2.05) is 11.8 Å². The zero-order valence-corrected chi connectivity index (χ0v) is 8.49. The molecule has 0 aliphatic carbocycles. The van der Waals surface area contributed by atoms with E-state index >= 15 is 0 Å². The van der Waals surface area contributed by atoms with E-state index in [0.717, 1.165) is 26.1 Å². The third-order valence-corrected chi connectivity index (χ3v) is 2.64. The molecular formula is C9H19N3O. The fraction of sp³-hybridized carbons (Fsp3) is 0.889. The van der Waals surface area contributed by atoms with E-state index < -0.39 is 0 Å². The minimum absolute atomic E-state index is 0.0720. The molecule has 0 saturated carbocycles. The van der Waals surface area contributed by atoms with Gasteiger partial charge in [-0.3, -0.25) is 4.79 Å². The van der Waals surface area contributed by atoms with Crippen LogP contribution in [0.4, 0.5) is 0 Å². The maximum absolute atomic E-state index is 11.4. The molecule has 1 amide bonds. The zero-order valence-electron chi connectivity index (χ0n) is 8.49. The van der Waals surface area contributed by atoms with E-state index in [1.54, 1.807) is 0 Å². The topological polar surface area (TPSA) is 49.6 Å². The minimum atomic E-state index is 0.0720. The molecule has 0 spiro atoms. The number of nitrogens with zero attached hydrogens (tertiary/aromatic N) is 2. The highest BCUT2D eigenvalue weighted by molar-refractivity contribution is 5.78. The Morgan fingerprint density at radius 3 is 2.77 bits per heavy atom. The zero-order chi connectivity index (χ0) is 9.84. The number of hydrogen-bond donors (Lipinski definition) is 1. The van der Waals surface area contributed by atoms with Crippen molar-refractivity contribution >= 4 is 5.91 Å². The summed E-state index contributed by atoms with van der Waals surface area (Å²) in [5.74, 6) is 0.0720. The Morgan fingerprint density at radius 2 is 2.38 bits per heavy atom. The quantitative estimate of drug-likeness (QED) is 0.645. The van der Waals surface area contributed by atoms with Gasteiger partial charge in [0.2, 0.25) is 5.91 Å². The van der Waals surface area contributed by atoms with E-state index in [2.05, 4.69) is 11.9 Å². The van der Waals surface area contributed by atoms with Crippen molar-refractivity contribution in [1.82, 2.24) is 9.80 Å². The highest BCUT2D eigenvalue weighted by atomic mass is 16.2. The number of rotatable bonds is 3. The fourth-order valence-corrected chi connectivity index (χ4v) is 1.92. The van der Waals surface area contributed by atoms with Gasteiger partial charge in [0.05, 0.1) is 6.54 Å². The molecule has 0 bridgehead atoms. The van der Waals surface area contributed by atoms with Crippen LogP contribution in [0.25, 0.3) is 0 Å². The molecule has 4 heteroatoms. The largest absolute Gasteiger partial charge is 0.338 e. The van der Waals surface area contributed by atoms with Crippen molar-refractivity contribution in [2.75, 3.05) is 33.2 Å². The van der Waals surface area contributed by atoms with Crippen LogP contribution in [0.3, 0.4) is 0 Å². The van der Waals surface area contributed by atoms with Crippen LogP contribution in [-0.4, -0.2) is 55.0 Å². The molecule has 0 aromatic rings. The maximum atomic E-state index is 11.4. The molecule has 2 N–H and O–H groups in total. The lowest BCUT2D eigenvalue weighted by Gasteiger charge is -2.27. The number of nitrogens with two attached hydrogens (primary N) is 1. The van der Waals surface area contributed by atoms with Crippen molar-refractivity contribution in [2.24, 2.45) is 5.73 Å². The summed E-state index contributed by atoms with van der Waals surface area (Å²) in [7, 11) is 2.08. The fourth-order valence-electron chi connectivity index (χ4n) is 1.92. The summed E-state index contributed by atoms with van der Waals surface area (Å²) in [6.07, 6.45) is 1.08. The van der Waals surface area contributed by atoms with Gasteiger partial charge < -0.3 is 15.5 Å². The molecule has 0 unspecified atom stereocenters. The standard InChI is InChI=1S/C9H19N3O/c1-3-12(9(13)6-10)8-4-5-11(2)7-8/h8H,3-7,10H2,1-2H3/t8-/m0/s1. The Labute approximate surface area is 79.7 Å². The molecule has 1 aliphatic heterocycles. The molecule has 0 aromatic heterocycles. The molecule has 13 heavy (non-hydrogen) atoms. The van der Waals surface area contributed by atoms with Gasteiger partial charge >= 0.3 is 0 Å². The number of carbonyl (C=O) groups excluding carboxylic acids is 1. The maximum Gasteiger partial charge on any atom is 0.236 e. The first-order chi connectivity index (χ1) is 6.19. The van der Waals surface area contributed by atoms with Crippen molar-refractivity contribution < 1.29 is 4.79 Å². The van der Waals surface area contributed by atoms with E-state index in [-0.39, 0.29) is 12.5 Å². The first-order valence-electron chi connectivity index (χ1n) is 4.87. The van der Waals surface area contributed by atoms with Gasteiger partial charge in [0, 0.05) is 19.1 Å². The average molecular weight is 185 g/mol. The third kappa shape index (κ3) is 2.42. The molecular weight excluding hydrogens is 166 g/mol. The number of likely N-dealkylation sites (N-methyl/N-ethyl adjacent to an activating group) is 2. The molecule has 1 atom stereocenters. The van der Waals surface area contributed by atoms with Crippen molar-refractivity contribution in [3.8, 4) is 0 Å². The Bertz CT molecular complexity index is 184. The Hall–Kier alpha value is -0.610. The predicted molar refractivity (Wildman–Crippen MR) is 52.3 cm³/mol. The van der Waals surface area contributed by atoms with Crippen LogP contribution in [0.5, 0.6) is 0 Å². The molecule has 4 nitrogen and oxygen atoms in total. The van der Waals surface area contributed by atoms with Gasteiger partial charge in [-0.15, -0.1) is 0 Å². The van der Waals surface area contributed by atoms with Crippen molar-refractivity contribution in [1.29, 1.82) is 0 Å². The summed E-state index contributed by atoms with van der Waals surface area (Å²) < 4.78 is 0. The van der Waals surface area contributed by atoms with Gasteiger partial charge in [0.1, 0.15) is 0 Å². The van der Waals surface area contributed by atoms with E-state index in [1.165, 1.54) is 0 Å². The number of hydrogen-bond acceptors (Lipinski definition) is 3. The van der Waals surface area contributed by atoms with Crippen LogP contribution >= 0.6 is 0 Å². The van der Waals surface area contributed by atoms with Gasteiger partial charge in [0.15, 0.2) is 0 Å². The van der Waals surface area contributed by atoms with E-state index in [9.17, 15) is 4.79 Å². The summed E-state index contributed by atoms with van der Waals surface area (Å²) in [5, 5.41) is 0. The van der Waals surface area contributed by atoms with Gasteiger partial charge in [0.25, 0.3) is 0 Å². The number of carbonyl (C=O) groups is 1. The second-order valence-electron chi connectivity index (χ2n) is 3.59. The molecule has 1 aliphatic rings. The minimum Gasteiger partial charge on any atom is -0.338 e. The van der Waals surface area contributed by atoms with Gasteiger partial charge in [-0.25, -0.2) is 0 Å². The lowest BCUT2D eigenvalue weighted by atomic mass is 10.2. The van der Waals surface area contributed by atoms with Crippen LogP contribution < -0.4 is 5.73 Å². The lowest BCUT2D eigenvalue weighted by molar-refractivity contribution is -0.131. The average Bonchev–Trinajstić information content (AvgIpc) is 2.53. The monoisotopic (exact) mass is 185 g/mol. The predicted octanol–water partition coefficient (Wildman–Crippen LogP) is -0.502. The molecule has 1 rings (SSSR count). The molecule has 76 valence electrons. The molecule has 0 aromatic carbocycles. The normalized spacial score (nSPS) is 23.5. The molecule has 1 heterocycles. The van der Waals surface area contributed by atoms with Gasteiger partial charge in [-0.1, -0.05) is 0 Å². The second kappa shape index (κ2) is 4.58. The molecule has 1 fully saturated rings. The highest BCUT2D eigenvalue weighted by Gasteiger charge is 2.26. The Morgan fingerprint density at radius 1 is 1.69 bits per heavy atom. The summed E-state index contributed by atoms with van der Waals surface area (Å²) in [6.45, 7) is 4.98. The van der Waals surface area contributed by atoms with Crippen LogP contribution in [0.15, 0.2) is 0 Å². The SMILES string of the molecule is CCN(C(=O)CN)[C@H]1CCN(C)C1. The second-order valence-corrected chi connectivity index (χ2v) is 3.59. The van der Waals surface area contributed by atoms with Crippen LogP contribution in [-0.2, 0) is 4.79 Å². The highest BCUT2D eigenvalue weighted by Crippen LogP contribution is 2.13. The van der Waals surface area contributed by atoms with Crippen LogP contribution in [0, 0.1) is 0 Å². The van der Waals surface area contributed by atoms with E-state index in [0.29, 0.717) is 6.04 Å². The first-order valence-corrected chi connectivity index (χ1v) is 4.87. The van der Waals surface area contributed by atoms with Crippen LogP contribution in [0.2, 0.25) is 0 Å². The van der Waals surface area contributed by atoms with Crippen LogP contribution in [0.1, 0.15) is 13.3 Å². The van der Waals surface area contributed by atoms with Crippen molar-refractivity contribution in [2.45, 2.75) is 19.4 Å². The summed E-state index contributed by atoms with van der Waals surface area (Å²) in [4.78, 5) is 15.6. The lowest BCUT2D eigenvalue weighted by Crippen LogP contribution is -2.44. The Kier molecular flexibility index (Phi) is 3.69. The molecule has 0 radical (unpaired) electrons. The van der Waals surface area contributed by atoms with Crippen molar-refractivity contribution in [3.63, 3.8) is 0 Å². The summed E-state index contributed by atoms with van der Waals surface area (Å²) >= 11 is 0. The third-order valence-electron chi connectivity index (χ3n) is 2.64. The van der Waals surface area contributed by atoms with Crippen molar-refractivity contribution in [3.05, 3.63) is 0 Å². The summed E-state index contributed by atoms with van der Waals surface area (Å²) in [6, 6.07) is 0.381. The first kappa shape index (κ1) is 10.5. The Balaban J connectivity index is 2.51. The summed E-state index contributed by atoms with van der Waals surface area (Å²) in [5.41, 5.74) is 5.35. The van der Waals surface area contributed by atoms with Gasteiger partial charge in [-0.2, -0.15) is 0 Å². The van der Waals surface area contributed by atoms with Gasteiger partial charge in [-0.05, 0) is 26.9 Å².